The van der Waals surface area contributed by atoms with Crippen LogP contribution in [-0.2, 0) is 12.7 Å². The van der Waals surface area contributed by atoms with E-state index in [9.17, 15) is 22.8 Å². The van der Waals surface area contributed by atoms with Crippen molar-refractivity contribution in [2.45, 2.75) is 12.7 Å². The summed E-state index contributed by atoms with van der Waals surface area (Å²) in [5.74, 6) is -0.718. The second kappa shape index (κ2) is 9.18. The molecule has 0 radical (unpaired) electrons. The minimum atomic E-state index is -4.72. The zero-order valence-electron chi connectivity index (χ0n) is 17.8. The fourth-order valence-corrected chi connectivity index (χ4v) is 3.56. The van der Waals surface area contributed by atoms with E-state index >= 15 is 0 Å². The molecule has 0 aliphatic heterocycles. The predicted octanol–water partition coefficient (Wildman–Crippen LogP) is 5.17. The highest BCUT2D eigenvalue weighted by Gasteiger charge is 2.32. The smallest absolute Gasteiger partial charge is 0.337 e. The summed E-state index contributed by atoms with van der Waals surface area (Å²) in [6.45, 7) is 0.0596. The van der Waals surface area contributed by atoms with Crippen LogP contribution >= 0.6 is 11.6 Å². The summed E-state index contributed by atoms with van der Waals surface area (Å²) in [5.41, 5.74) is 0.126. The second-order valence-corrected chi connectivity index (χ2v) is 8.00. The van der Waals surface area contributed by atoms with Gasteiger partial charge in [0.1, 0.15) is 11.3 Å². The molecule has 0 aliphatic carbocycles. The lowest BCUT2D eigenvalue weighted by atomic mass is 10.1. The summed E-state index contributed by atoms with van der Waals surface area (Å²) in [6.07, 6.45) is -2.95. The highest BCUT2D eigenvalue weighted by atomic mass is 35.5. The van der Waals surface area contributed by atoms with E-state index in [0.717, 1.165) is 17.3 Å². The normalized spacial score (nSPS) is 11.4. The van der Waals surface area contributed by atoms with Gasteiger partial charge in [0.05, 0.1) is 11.4 Å². The first kappa shape index (κ1) is 23.3. The Morgan fingerprint density at radius 2 is 1.74 bits per heavy atom. The SMILES string of the molecule is CN(Cc1cn(-c2ccccc2)nc1-c1ccc(Cl)cc1)C(=O)c1ccc(C(F)(F)F)[nH]c1=O. The average molecular weight is 487 g/mol. The van der Waals surface area contributed by atoms with Gasteiger partial charge >= 0.3 is 6.18 Å². The number of aromatic nitrogens is 3. The molecule has 0 fully saturated rings. The number of hydrogen-bond acceptors (Lipinski definition) is 3. The van der Waals surface area contributed by atoms with E-state index in [1.165, 1.54) is 11.9 Å². The number of nitrogens with zero attached hydrogens (tertiary/aromatic N) is 3. The number of pyridine rings is 1. The molecule has 2 aromatic heterocycles. The molecule has 0 bridgehead atoms. The van der Waals surface area contributed by atoms with Crippen molar-refractivity contribution >= 4 is 17.5 Å². The predicted molar refractivity (Wildman–Crippen MR) is 122 cm³/mol. The third kappa shape index (κ3) is 4.89. The van der Waals surface area contributed by atoms with Gasteiger partial charge in [0.15, 0.2) is 0 Å². The van der Waals surface area contributed by atoms with Crippen LogP contribution in [0.15, 0.2) is 77.7 Å². The molecule has 0 atom stereocenters. The van der Waals surface area contributed by atoms with E-state index in [4.69, 9.17) is 11.6 Å². The van der Waals surface area contributed by atoms with E-state index in [2.05, 4.69) is 5.10 Å². The first-order chi connectivity index (χ1) is 16.1. The molecular formula is C24H18ClF3N4O2. The van der Waals surface area contributed by atoms with E-state index in [1.54, 1.807) is 40.1 Å². The summed E-state index contributed by atoms with van der Waals surface area (Å²) in [7, 11) is 1.46. The highest BCUT2D eigenvalue weighted by Crippen LogP contribution is 2.28. The maximum atomic E-state index is 12.9. The molecule has 34 heavy (non-hydrogen) atoms. The Labute approximate surface area is 197 Å². The van der Waals surface area contributed by atoms with Gasteiger partial charge in [-0.1, -0.05) is 41.9 Å². The van der Waals surface area contributed by atoms with Crippen LogP contribution in [0.4, 0.5) is 13.2 Å². The number of carbonyl (C=O) groups excluding carboxylic acids is 1. The molecule has 4 aromatic rings. The van der Waals surface area contributed by atoms with E-state index in [-0.39, 0.29) is 12.1 Å². The molecule has 0 spiro atoms. The number of amides is 1. The number of alkyl halides is 3. The van der Waals surface area contributed by atoms with Gasteiger partial charge in [0.2, 0.25) is 0 Å². The van der Waals surface area contributed by atoms with Crippen molar-refractivity contribution in [1.29, 1.82) is 0 Å². The number of halogens is 4. The van der Waals surface area contributed by atoms with Gasteiger partial charge in [-0.2, -0.15) is 18.3 Å². The van der Waals surface area contributed by atoms with Gasteiger partial charge in [-0.05, 0) is 36.4 Å². The Kier molecular flexibility index (Phi) is 6.30. The number of benzene rings is 2. The Morgan fingerprint density at radius 1 is 1.06 bits per heavy atom. The van der Waals surface area contributed by atoms with Gasteiger partial charge in [-0.25, -0.2) is 4.68 Å². The largest absolute Gasteiger partial charge is 0.431 e. The number of carbonyl (C=O) groups is 1. The monoisotopic (exact) mass is 486 g/mol. The highest BCUT2D eigenvalue weighted by molar-refractivity contribution is 6.30. The van der Waals surface area contributed by atoms with Crippen molar-refractivity contribution in [2.75, 3.05) is 7.05 Å². The summed E-state index contributed by atoms with van der Waals surface area (Å²) in [5, 5.41) is 5.22. The van der Waals surface area contributed by atoms with E-state index < -0.39 is 23.3 Å². The number of para-hydroxylation sites is 1. The van der Waals surface area contributed by atoms with E-state index in [0.29, 0.717) is 22.3 Å². The van der Waals surface area contributed by atoms with Gasteiger partial charge in [-0.15, -0.1) is 0 Å². The molecule has 0 aliphatic rings. The maximum absolute atomic E-state index is 12.9. The zero-order chi connectivity index (χ0) is 24.5. The van der Waals surface area contributed by atoms with Crippen LogP contribution in [0.25, 0.3) is 16.9 Å². The topological polar surface area (TPSA) is 71.0 Å². The number of nitrogens with one attached hydrogen (secondary N) is 1. The van der Waals surface area contributed by atoms with Crippen LogP contribution in [-0.4, -0.2) is 32.6 Å². The summed E-state index contributed by atoms with van der Waals surface area (Å²) < 4.78 is 40.2. The van der Waals surface area contributed by atoms with Crippen LogP contribution in [0.5, 0.6) is 0 Å². The van der Waals surface area contributed by atoms with Crippen molar-refractivity contribution in [1.82, 2.24) is 19.7 Å². The summed E-state index contributed by atoms with van der Waals surface area (Å²) in [6, 6.07) is 18.0. The molecule has 2 aromatic carbocycles. The first-order valence-corrected chi connectivity index (χ1v) is 10.5. The van der Waals surface area contributed by atoms with E-state index in [1.807, 2.05) is 30.3 Å². The standard InChI is InChI=1S/C24H18ClF3N4O2/c1-31(23(34)19-11-12-20(24(26,27)28)29-22(19)33)13-16-14-32(18-5-3-2-4-6-18)30-21(16)15-7-9-17(25)10-8-15/h2-12,14H,13H2,1H3,(H,29,33). The van der Waals surface area contributed by atoms with Gasteiger partial charge in [-0.3, -0.25) is 9.59 Å². The summed E-state index contributed by atoms with van der Waals surface area (Å²) in [4.78, 5) is 28.0. The fraction of sp³-hybridized carbons (Fsp3) is 0.125. The third-order valence-corrected chi connectivity index (χ3v) is 5.38. The van der Waals surface area contributed by atoms with Crippen LogP contribution in [0.1, 0.15) is 21.6 Å². The molecule has 0 saturated carbocycles. The van der Waals surface area contributed by atoms with Crippen molar-refractivity contribution < 1.29 is 18.0 Å². The molecule has 174 valence electrons. The van der Waals surface area contributed by atoms with Crippen LogP contribution in [0, 0.1) is 0 Å². The lowest BCUT2D eigenvalue weighted by Crippen LogP contribution is -2.32. The minimum Gasteiger partial charge on any atom is -0.337 e. The van der Waals surface area contributed by atoms with Crippen LogP contribution < -0.4 is 5.56 Å². The first-order valence-electron chi connectivity index (χ1n) is 10.1. The lowest BCUT2D eigenvalue weighted by molar-refractivity contribution is -0.141. The van der Waals surface area contributed by atoms with Crippen LogP contribution in [0.3, 0.4) is 0 Å². The molecule has 0 unspecified atom stereocenters. The number of hydrogen-bond donors (Lipinski definition) is 1. The average Bonchev–Trinajstić information content (AvgIpc) is 3.22. The minimum absolute atomic E-state index is 0.0596. The molecule has 1 amide bonds. The Balaban J connectivity index is 1.67. The molecule has 6 nitrogen and oxygen atoms in total. The Bertz CT molecular complexity index is 1380. The van der Waals surface area contributed by atoms with Gasteiger partial charge < -0.3 is 9.88 Å². The van der Waals surface area contributed by atoms with Crippen LogP contribution in [0.2, 0.25) is 5.02 Å². The van der Waals surface area contributed by atoms with Gasteiger partial charge in [0, 0.05) is 35.9 Å². The molecular weight excluding hydrogens is 469 g/mol. The van der Waals surface area contributed by atoms with Gasteiger partial charge in [0.25, 0.3) is 11.5 Å². The number of H-pyrrole nitrogens is 1. The summed E-state index contributed by atoms with van der Waals surface area (Å²) >= 11 is 6.01. The molecule has 2 heterocycles. The fourth-order valence-electron chi connectivity index (χ4n) is 3.43. The molecule has 10 heteroatoms. The Morgan fingerprint density at radius 3 is 2.35 bits per heavy atom. The van der Waals surface area contributed by atoms with Crippen molar-refractivity contribution in [2.24, 2.45) is 0 Å². The maximum Gasteiger partial charge on any atom is 0.431 e. The van der Waals surface area contributed by atoms with Crippen molar-refractivity contribution in [3.05, 3.63) is 105 Å². The molecule has 1 N–H and O–H groups in total. The second-order valence-electron chi connectivity index (χ2n) is 7.56. The quantitative estimate of drug-likeness (QED) is 0.423. The van der Waals surface area contributed by atoms with Crippen molar-refractivity contribution in [3.8, 4) is 16.9 Å². The zero-order valence-corrected chi connectivity index (χ0v) is 18.6. The molecule has 0 saturated heterocycles. The van der Waals surface area contributed by atoms with Crippen molar-refractivity contribution in [3.63, 3.8) is 0 Å². The lowest BCUT2D eigenvalue weighted by Gasteiger charge is -2.17. The number of rotatable bonds is 5. The Hall–Kier alpha value is -3.85. The number of aromatic amines is 1. The third-order valence-electron chi connectivity index (χ3n) is 5.13. The molecule has 4 rings (SSSR count).